The summed E-state index contributed by atoms with van der Waals surface area (Å²) in [6, 6.07) is 15.0. The van der Waals surface area contributed by atoms with Crippen molar-refractivity contribution >= 4 is 11.6 Å². The summed E-state index contributed by atoms with van der Waals surface area (Å²) in [5.41, 5.74) is 1.57. The molecule has 3 aromatic rings. The highest BCUT2D eigenvalue weighted by Gasteiger charge is 2.35. The smallest absolute Gasteiger partial charge is 0.232 e. The Labute approximate surface area is 162 Å². The quantitative estimate of drug-likeness (QED) is 0.650. The van der Waals surface area contributed by atoms with Crippen LogP contribution in [-0.2, 0) is 4.79 Å². The van der Waals surface area contributed by atoms with E-state index in [2.05, 4.69) is 10.1 Å². The third kappa shape index (κ3) is 3.43. The van der Waals surface area contributed by atoms with E-state index in [1.165, 1.54) is 0 Å². The summed E-state index contributed by atoms with van der Waals surface area (Å²) < 4.78 is 16.4. The molecule has 1 unspecified atom stereocenters. The Kier molecular flexibility index (Phi) is 4.97. The number of methoxy groups -OCH3 is 1. The molecular weight excluding hydrogens is 358 g/mol. The third-order valence-electron chi connectivity index (χ3n) is 4.71. The fourth-order valence-corrected chi connectivity index (χ4v) is 3.34. The zero-order valence-electron chi connectivity index (χ0n) is 15.8. The van der Waals surface area contributed by atoms with Crippen molar-refractivity contribution in [1.29, 1.82) is 0 Å². The minimum atomic E-state index is -0.154. The molecule has 1 aliphatic rings. The molecule has 144 valence electrons. The van der Waals surface area contributed by atoms with Crippen LogP contribution in [0.3, 0.4) is 0 Å². The molecule has 1 amide bonds. The molecule has 0 aliphatic carbocycles. The maximum absolute atomic E-state index is 12.5. The normalized spacial score (nSPS) is 16.4. The summed E-state index contributed by atoms with van der Waals surface area (Å²) in [6.45, 7) is 2.96. The highest BCUT2D eigenvalue weighted by Crippen LogP contribution is 2.34. The average molecular weight is 379 g/mol. The van der Waals surface area contributed by atoms with Crippen molar-refractivity contribution in [2.24, 2.45) is 0 Å². The molecular formula is C21H21N3O4. The number of para-hydroxylation sites is 1. The standard InChI is InChI=1S/C21H21N3O4/c1-3-27-18-10-5-4-9-17(18)20-22-21(28-23-20)14-11-19(25)24(13-14)15-7-6-8-16(12-15)26-2/h4-10,12,14H,3,11,13H2,1-2H3. The molecule has 1 aliphatic heterocycles. The molecule has 0 N–H and O–H groups in total. The van der Waals surface area contributed by atoms with E-state index in [1.807, 2.05) is 55.5 Å². The fraction of sp³-hybridized carbons (Fsp3) is 0.286. The van der Waals surface area contributed by atoms with Gasteiger partial charge in [0.1, 0.15) is 11.5 Å². The number of hydrogen-bond acceptors (Lipinski definition) is 6. The van der Waals surface area contributed by atoms with Crippen LogP contribution in [0.4, 0.5) is 5.69 Å². The summed E-state index contributed by atoms with van der Waals surface area (Å²) in [7, 11) is 1.60. The van der Waals surface area contributed by atoms with Gasteiger partial charge < -0.3 is 18.9 Å². The summed E-state index contributed by atoms with van der Waals surface area (Å²) in [5, 5.41) is 4.11. The first-order valence-corrected chi connectivity index (χ1v) is 9.19. The number of carbonyl (C=O) groups excluding carboxylic acids is 1. The topological polar surface area (TPSA) is 77.7 Å². The van der Waals surface area contributed by atoms with Crippen LogP contribution < -0.4 is 14.4 Å². The van der Waals surface area contributed by atoms with E-state index in [-0.39, 0.29) is 11.8 Å². The number of nitrogens with zero attached hydrogens (tertiary/aromatic N) is 3. The minimum absolute atomic E-state index is 0.0210. The van der Waals surface area contributed by atoms with Gasteiger partial charge in [0.2, 0.25) is 17.6 Å². The number of hydrogen-bond donors (Lipinski definition) is 0. The molecule has 2 heterocycles. The first kappa shape index (κ1) is 18.0. The lowest BCUT2D eigenvalue weighted by molar-refractivity contribution is -0.117. The van der Waals surface area contributed by atoms with Crippen molar-refractivity contribution in [1.82, 2.24) is 10.1 Å². The number of aromatic nitrogens is 2. The first-order valence-electron chi connectivity index (χ1n) is 9.19. The lowest BCUT2D eigenvalue weighted by Crippen LogP contribution is -2.24. The van der Waals surface area contributed by atoms with Crippen molar-refractivity contribution < 1.29 is 18.8 Å². The van der Waals surface area contributed by atoms with Gasteiger partial charge in [0.25, 0.3) is 0 Å². The molecule has 7 nitrogen and oxygen atoms in total. The summed E-state index contributed by atoms with van der Waals surface area (Å²) in [5.74, 6) is 2.21. The summed E-state index contributed by atoms with van der Waals surface area (Å²) in [4.78, 5) is 18.8. The van der Waals surface area contributed by atoms with Gasteiger partial charge in [-0.15, -0.1) is 0 Å². The maximum atomic E-state index is 12.5. The van der Waals surface area contributed by atoms with Crippen LogP contribution in [0.5, 0.6) is 11.5 Å². The lowest BCUT2D eigenvalue weighted by atomic mass is 10.1. The Morgan fingerprint density at radius 2 is 2.07 bits per heavy atom. The summed E-state index contributed by atoms with van der Waals surface area (Å²) >= 11 is 0. The van der Waals surface area contributed by atoms with Gasteiger partial charge in [0.05, 0.1) is 25.2 Å². The minimum Gasteiger partial charge on any atom is -0.497 e. The Bertz CT molecular complexity index is 985. The van der Waals surface area contributed by atoms with Crippen LogP contribution in [0.2, 0.25) is 0 Å². The van der Waals surface area contributed by atoms with Crippen molar-refractivity contribution in [2.75, 3.05) is 25.2 Å². The number of benzene rings is 2. The van der Waals surface area contributed by atoms with Gasteiger partial charge in [-0.3, -0.25) is 4.79 Å². The molecule has 28 heavy (non-hydrogen) atoms. The highest BCUT2D eigenvalue weighted by molar-refractivity contribution is 5.96. The van der Waals surface area contributed by atoms with Crippen molar-refractivity contribution in [3.8, 4) is 22.9 Å². The predicted octanol–water partition coefficient (Wildman–Crippen LogP) is 3.66. The van der Waals surface area contributed by atoms with E-state index in [0.717, 1.165) is 11.3 Å². The number of ether oxygens (including phenoxy) is 2. The van der Waals surface area contributed by atoms with E-state index < -0.39 is 0 Å². The van der Waals surface area contributed by atoms with Gasteiger partial charge in [0.15, 0.2) is 0 Å². The predicted molar refractivity (Wildman–Crippen MR) is 104 cm³/mol. The Balaban J connectivity index is 1.56. The summed E-state index contributed by atoms with van der Waals surface area (Å²) in [6.07, 6.45) is 0.325. The van der Waals surface area contributed by atoms with E-state index >= 15 is 0 Å². The van der Waals surface area contributed by atoms with Crippen LogP contribution >= 0.6 is 0 Å². The molecule has 0 spiro atoms. The third-order valence-corrected chi connectivity index (χ3v) is 4.71. The van der Waals surface area contributed by atoms with Crippen LogP contribution in [0.25, 0.3) is 11.4 Å². The van der Waals surface area contributed by atoms with Crippen LogP contribution in [0.1, 0.15) is 25.2 Å². The van der Waals surface area contributed by atoms with Crippen LogP contribution in [0.15, 0.2) is 53.1 Å². The second-order valence-corrected chi connectivity index (χ2v) is 6.49. The Hall–Kier alpha value is -3.35. The molecule has 2 aromatic carbocycles. The number of carbonyl (C=O) groups is 1. The van der Waals surface area contributed by atoms with Gasteiger partial charge >= 0.3 is 0 Å². The van der Waals surface area contributed by atoms with E-state index in [9.17, 15) is 4.79 Å². The number of amides is 1. The maximum Gasteiger partial charge on any atom is 0.232 e. The monoisotopic (exact) mass is 379 g/mol. The van der Waals surface area contributed by atoms with Gasteiger partial charge in [0, 0.05) is 24.7 Å². The molecule has 1 fully saturated rings. The largest absolute Gasteiger partial charge is 0.497 e. The van der Waals surface area contributed by atoms with Crippen molar-refractivity contribution in [3.63, 3.8) is 0 Å². The molecule has 1 atom stereocenters. The zero-order valence-corrected chi connectivity index (χ0v) is 15.8. The molecule has 7 heteroatoms. The van der Waals surface area contributed by atoms with Crippen molar-refractivity contribution in [2.45, 2.75) is 19.3 Å². The highest BCUT2D eigenvalue weighted by atomic mass is 16.5. The van der Waals surface area contributed by atoms with E-state index in [0.29, 0.717) is 42.8 Å². The van der Waals surface area contributed by atoms with E-state index in [4.69, 9.17) is 14.0 Å². The Morgan fingerprint density at radius 1 is 1.21 bits per heavy atom. The van der Waals surface area contributed by atoms with Gasteiger partial charge in [-0.05, 0) is 31.2 Å². The molecule has 0 saturated carbocycles. The molecule has 1 saturated heterocycles. The molecule has 0 radical (unpaired) electrons. The average Bonchev–Trinajstić information content (AvgIpc) is 3.36. The molecule has 1 aromatic heterocycles. The van der Waals surface area contributed by atoms with E-state index in [1.54, 1.807) is 12.0 Å². The Morgan fingerprint density at radius 3 is 2.89 bits per heavy atom. The first-order chi connectivity index (χ1) is 13.7. The van der Waals surface area contributed by atoms with Gasteiger partial charge in [-0.25, -0.2) is 0 Å². The number of anilines is 1. The fourth-order valence-electron chi connectivity index (χ4n) is 3.34. The zero-order chi connectivity index (χ0) is 19.5. The molecule has 0 bridgehead atoms. The van der Waals surface area contributed by atoms with Crippen LogP contribution in [-0.4, -0.2) is 36.3 Å². The van der Waals surface area contributed by atoms with Gasteiger partial charge in [-0.1, -0.05) is 23.4 Å². The van der Waals surface area contributed by atoms with Gasteiger partial charge in [-0.2, -0.15) is 4.98 Å². The second kappa shape index (κ2) is 7.72. The molecule has 4 rings (SSSR count). The lowest BCUT2D eigenvalue weighted by Gasteiger charge is -2.16. The van der Waals surface area contributed by atoms with Crippen molar-refractivity contribution in [3.05, 3.63) is 54.4 Å². The SMILES string of the molecule is CCOc1ccccc1-c1noc(C2CC(=O)N(c3cccc(OC)c3)C2)n1. The number of rotatable bonds is 6. The second-order valence-electron chi connectivity index (χ2n) is 6.49. The van der Waals surface area contributed by atoms with Crippen LogP contribution in [0, 0.1) is 0 Å².